The van der Waals surface area contributed by atoms with Crippen molar-refractivity contribution in [3.8, 4) is 33.4 Å². The normalized spacial score (nSPS) is 16.0. The fourth-order valence-electron chi connectivity index (χ4n) is 6.74. The number of esters is 1. The molecule has 0 aliphatic carbocycles. The van der Waals surface area contributed by atoms with Crippen molar-refractivity contribution in [3.63, 3.8) is 0 Å². The Bertz CT molecular complexity index is 1950. The Kier molecular flexibility index (Phi) is 12.0. The molecule has 0 amide bonds. The number of benzene rings is 4. The SMILES string of the molecule is CC(C)(C)OC(=O)CN1CCC(N2CC(OCCOc3ccc(Oc4c(-c5ccc(Br)cc5)sc5cc(OCc6ccccc6)ccc45)cc3)C2)CC1. The second kappa shape index (κ2) is 17.0. The molecule has 0 spiro atoms. The lowest BCUT2D eigenvalue weighted by Crippen LogP contribution is -2.59. The summed E-state index contributed by atoms with van der Waals surface area (Å²) in [5, 5.41) is 1.04. The number of carbonyl (C=O) groups is 1. The quantitative estimate of drug-likeness (QED) is 0.0813. The summed E-state index contributed by atoms with van der Waals surface area (Å²) in [5.41, 5.74) is 1.78. The Morgan fingerprint density at radius 1 is 0.830 bits per heavy atom. The maximum atomic E-state index is 12.2. The average molecular weight is 800 g/mol. The first-order valence-corrected chi connectivity index (χ1v) is 20.0. The number of ether oxygens (including phenoxy) is 5. The molecule has 1 aromatic heterocycles. The van der Waals surface area contributed by atoms with Crippen molar-refractivity contribution >= 4 is 43.3 Å². The second-order valence-corrected chi connectivity index (χ2v) is 16.6. The highest BCUT2D eigenvalue weighted by Crippen LogP contribution is 2.47. The highest BCUT2D eigenvalue weighted by atomic mass is 79.9. The molecule has 0 N–H and O–H groups in total. The van der Waals surface area contributed by atoms with E-state index in [9.17, 15) is 4.79 Å². The van der Waals surface area contributed by atoms with Gasteiger partial charge in [0, 0.05) is 46.8 Å². The van der Waals surface area contributed by atoms with Gasteiger partial charge < -0.3 is 23.7 Å². The monoisotopic (exact) mass is 798 g/mol. The van der Waals surface area contributed by atoms with Gasteiger partial charge in [0.15, 0.2) is 5.75 Å². The van der Waals surface area contributed by atoms with Crippen molar-refractivity contribution in [1.29, 1.82) is 0 Å². The Morgan fingerprint density at radius 3 is 2.25 bits per heavy atom. The van der Waals surface area contributed by atoms with Gasteiger partial charge >= 0.3 is 5.97 Å². The summed E-state index contributed by atoms with van der Waals surface area (Å²) in [6.45, 7) is 11.4. The van der Waals surface area contributed by atoms with Gasteiger partial charge in [-0.05, 0) is 99.3 Å². The zero-order chi connectivity index (χ0) is 36.8. The number of hydrogen-bond donors (Lipinski definition) is 0. The Labute approximate surface area is 324 Å². The van der Waals surface area contributed by atoms with Gasteiger partial charge in [0.05, 0.1) is 24.1 Å². The lowest BCUT2D eigenvalue weighted by Gasteiger charge is -2.46. The van der Waals surface area contributed by atoms with Gasteiger partial charge in [-0.3, -0.25) is 14.6 Å². The van der Waals surface area contributed by atoms with E-state index in [2.05, 4.69) is 74.3 Å². The van der Waals surface area contributed by atoms with Crippen LogP contribution in [0.4, 0.5) is 0 Å². The van der Waals surface area contributed by atoms with E-state index in [1.165, 1.54) is 0 Å². The summed E-state index contributed by atoms with van der Waals surface area (Å²) >= 11 is 5.26. The van der Waals surface area contributed by atoms with Crippen molar-refractivity contribution < 1.29 is 28.5 Å². The van der Waals surface area contributed by atoms with E-state index in [1.807, 2.05) is 69.3 Å². The molecular weight excluding hydrogens is 752 g/mol. The lowest BCUT2D eigenvalue weighted by atomic mass is 9.98. The zero-order valence-electron chi connectivity index (χ0n) is 30.6. The van der Waals surface area contributed by atoms with Crippen molar-refractivity contribution in [1.82, 2.24) is 9.80 Å². The summed E-state index contributed by atoms with van der Waals surface area (Å²) in [5.74, 6) is 3.02. The number of halogens is 1. The van der Waals surface area contributed by atoms with Gasteiger partial charge in [-0.15, -0.1) is 11.3 Å². The van der Waals surface area contributed by atoms with E-state index >= 15 is 0 Å². The number of rotatable bonds is 14. The van der Waals surface area contributed by atoms with E-state index in [0.29, 0.717) is 32.4 Å². The Morgan fingerprint density at radius 2 is 1.53 bits per heavy atom. The standard InChI is InChI=1S/C43H47BrN2O6S/c1-43(2,3)52-40(47)28-45-21-19-33(20-22-45)46-26-37(27-46)49-24-23-48-34-13-15-35(16-14-34)51-41-38-18-17-36(50-29-30-7-5-4-6-8-30)25-39(38)53-42(41)31-9-11-32(44)12-10-31/h4-18,25,33,37H,19-24,26-29H2,1-3H3. The number of piperidine rings is 1. The fourth-order valence-corrected chi connectivity index (χ4v) is 8.17. The second-order valence-electron chi connectivity index (χ2n) is 14.7. The van der Waals surface area contributed by atoms with Gasteiger partial charge in [0.2, 0.25) is 0 Å². The smallest absolute Gasteiger partial charge is 0.320 e. The summed E-state index contributed by atoms with van der Waals surface area (Å²) in [4.78, 5) is 18.0. The van der Waals surface area contributed by atoms with E-state index in [0.717, 1.165) is 92.6 Å². The van der Waals surface area contributed by atoms with Crippen LogP contribution in [0, 0.1) is 0 Å². The largest absolute Gasteiger partial charge is 0.491 e. The van der Waals surface area contributed by atoms with Gasteiger partial charge in [0.25, 0.3) is 0 Å². The van der Waals surface area contributed by atoms with E-state index in [1.54, 1.807) is 11.3 Å². The van der Waals surface area contributed by atoms with Gasteiger partial charge in [-0.2, -0.15) is 0 Å². The lowest BCUT2D eigenvalue weighted by molar-refractivity contribution is -0.156. The van der Waals surface area contributed by atoms with E-state index < -0.39 is 5.60 Å². The minimum absolute atomic E-state index is 0.140. The Hall–Kier alpha value is -3.93. The summed E-state index contributed by atoms with van der Waals surface area (Å²) in [6.07, 6.45) is 2.37. The van der Waals surface area contributed by atoms with E-state index in [-0.39, 0.29) is 12.1 Å². The first-order valence-electron chi connectivity index (χ1n) is 18.3. The van der Waals surface area contributed by atoms with Crippen LogP contribution in [0.5, 0.6) is 23.0 Å². The molecule has 278 valence electrons. The minimum atomic E-state index is -0.439. The highest BCUT2D eigenvalue weighted by molar-refractivity contribution is 9.10. The highest BCUT2D eigenvalue weighted by Gasteiger charge is 2.35. The number of nitrogens with zero attached hydrogens (tertiary/aromatic N) is 2. The van der Waals surface area contributed by atoms with Gasteiger partial charge in [-0.25, -0.2) is 0 Å². The molecule has 2 aliphatic heterocycles. The van der Waals surface area contributed by atoms with Gasteiger partial charge in [0.1, 0.15) is 36.1 Å². The predicted octanol–water partition coefficient (Wildman–Crippen LogP) is 9.59. The molecule has 0 radical (unpaired) electrons. The maximum Gasteiger partial charge on any atom is 0.320 e. The molecular formula is C43H47BrN2O6S. The maximum absolute atomic E-state index is 12.2. The molecule has 10 heteroatoms. The summed E-state index contributed by atoms with van der Waals surface area (Å²) in [6, 6.07) is 33.0. The molecule has 53 heavy (non-hydrogen) atoms. The van der Waals surface area contributed by atoms with Crippen LogP contribution in [0.3, 0.4) is 0 Å². The van der Waals surface area contributed by atoms with Crippen molar-refractivity contribution in [2.45, 2.75) is 58.0 Å². The number of fused-ring (bicyclic) bond motifs is 1. The van der Waals surface area contributed by atoms with Crippen molar-refractivity contribution in [2.24, 2.45) is 0 Å². The molecule has 2 fully saturated rings. The molecule has 8 nitrogen and oxygen atoms in total. The number of thiophene rings is 1. The molecule has 0 atom stereocenters. The molecule has 0 bridgehead atoms. The molecule has 2 saturated heterocycles. The van der Waals surface area contributed by atoms with Crippen LogP contribution in [0.25, 0.3) is 20.5 Å². The topological polar surface area (TPSA) is 69.7 Å². The summed E-state index contributed by atoms with van der Waals surface area (Å²) in [7, 11) is 0. The molecule has 3 heterocycles. The molecule has 5 aromatic rings. The average Bonchev–Trinajstić information content (AvgIpc) is 3.48. The van der Waals surface area contributed by atoms with Crippen LogP contribution >= 0.6 is 27.3 Å². The Balaban J connectivity index is 0.879. The van der Waals surface area contributed by atoms with Crippen molar-refractivity contribution in [3.05, 3.63) is 107 Å². The van der Waals surface area contributed by atoms with Gasteiger partial charge in [-0.1, -0.05) is 58.4 Å². The minimum Gasteiger partial charge on any atom is -0.491 e. The number of likely N-dealkylation sites (tertiary alicyclic amines) is 2. The third-order valence-electron chi connectivity index (χ3n) is 9.44. The fraction of sp³-hybridized carbons (Fsp3) is 0.372. The van der Waals surface area contributed by atoms with Crippen LogP contribution < -0.4 is 14.2 Å². The molecule has 7 rings (SSSR count). The van der Waals surface area contributed by atoms with Crippen molar-refractivity contribution in [2.75, 3.05) is 45.9 Å². The van der Waals surface area contributed by atoms with Crippen LogP contribution in [0.15, 0.2) is 102 Å². The number of carbonyl (C=O) groups excluding carboxylic acids is 1. The van der Waals surface area contributed by atoms with E-state index in [4.69, 9.17) is 23.7 Å². The van der Waals surface area contributed by atoms with Crippen LogP contribution in [0.1, 0.15) is 39.2 Å². The summed E-state index contributed by atoms with van der Waals surface area (Å²) < 4.78 is 32.5. The number of hydrogen-bond acceptors (Lipinski definition) is 9. The third kappa shape index (κ3) is 10.2. The van der Waals surface area contributed by atoms with Crippen LogP contribution in [-0.4, -0.2) is 79.5 Å². The first kappa shape index (κ1) is 37.4. The molecule has 2 aliphatic rings. The zero-order valence-corrected chi connectivity index (χ0v) is 33.0. The first-order chi connectivity index (χ1) is 25.6. The third-order valence-corrected chi connectivity index (χ3v) is 11.2. The van der Waals surface area contributed by atoms with Crippen LogP contribution in [-0.2, 0) is 20.9 Å². The molecule has 4 aromatic carbocycles. The molecule has 0 saturated carbocycles. The molecule has 0 unspecified atom stereocenters. The van der Waals surface area contributed by atoms with Crippen LogP contribution in [0.2, 0.25) is 0 Å². The predicted molar refractivity (Wildman–Crippen MR) is 214 cm³/mol.